The number of nitrogens with one attached hydrogen (secondary N) is 1. The molecular weight excluding hydrogens is 426 g/mol. The van der Waals surface area contributed by atoms with Gasteiger partial charge in [-0.1, -0.05) is 20.8 Å². The number of H-pyrrole nitrogens is 1. The lowest BCUT2D eigenvalue weighted by Gasteiger charge is -2.35. The molecule has 0 aromatic carbocycles. The van der Waals surface area contributed by atoms with Gasteiger partial charge in [-0.2, -0.15) is 5.10 Å². The third kappa shape index (κ3) is 3.71. The van der Waals surface area contributed by atoms with E-state index < -0.39 is 0 Å². The fourth-order valence-electron chi connectivity index (χ4n) is 5.04. The van der Waals surface area contributed by atoms with Gasteiger partial charge in [-0.05, 0) is 49.4 Å². The second-order valence-corrected chi connectivity index (χ2v) is 9.57. The molecule has 0 saturated carbocycles. The standard InChI is InChI=1S/C26H33N7O/c1-6-7-22(34)32-12-10-31(11-13-32)21-9-8-20-25(30-21)23(16(2)3)24(29-20)19-14-33-26(27-15-28-33)18(5)17(19)4/h8-9,14-16,29H,6-7,10-13H2,1-5H3. The summed E-state index contributed by atoms with van der Waals surface area (Å²) in [6.45, 7) is 13.9. The number of aromatic amines is 1. The van der Waals surface area contributed by atoms with Crippen molar-refractivity contribution in [3.8, 4) is 11.3 Å². The maximum absolute atomic E-state index is 12.3. The minimum atomic E-state index is 0.262. The number of piperazine rings is 1. The van der Waals surface area contributed by atoms with E-state index in [0.29, 0.717) is 12.3 Å². The first kappa shape index (κ1) is 22.4. The molecule has 1 amide bonds. The first-order valence-corrected chi connectivity index (χ1v) is 12.2. The lowest BCUT2D eigenvalue weighted by molar-refractivity contribution is -0.131. The molecule has 0 aliphatic carbocycles. The monoisotopic (exact) mass is 459 g/mol. The molecule has 0 unspecified atom stereocenters. The number of pyridine rings is 2. The molecule has 5 heterocycles. The number of carbonyl (C=O) groups excluding carboxylic acids is 1. The van der Waals surface area contributed by atoms with E-state index in [1.165, 1.54) is 11.1 Å². The van der Waals surface area contributed by atoms with Crippen LogP contribution < -0.4 is 4.90 Å². The predicted octanol–water partition coefficient (Wildman–Crippen LogP) is 4.46. The quantitative estimate of drug-likeness (QED) is 0.476. The molecule has 8 heteroatoms. The van der Waals surface area contributed by atoms with Gasteiger partial charge in [0.05, 0.1) is 16.7 Å². The molecule has 0 radical (unpaired) electrons. The summed E-state index contributed by atoms with van der Waals surface area (Å²) in [5.41, 5.74) is 8.72. The van der Waals surface area contributed by atoms with Gasteiger partial charge in [-0.15, -0.1) is 0 Å². The van der Waals surface area contributed by atoms with Crippen LogP contribution in [0.15, 0.2) is 24.7 Å². The number of aryl methyl sites for hydroxylation is 1. The topological polar surface area (TPSA) is 82.4 Å². The molecule has 4 aromatic heterocycles. The number of fused-ring (bicyclic) bond motifs is 2. The van der Waals surface area contributed by atoms with Gasteiger partial charge in [-0.3, -0.25) is 4.79 Å². The van der Waals surface area contributed by atoms with Gasteiger partial charge in [-0.25, -0.2) is 14.5 Å². The van der Waals surface area contributed by atoms with Gasteiger partial charge in [0.25, 0.3) is 0 Å². The van der Waals surface area contributed by atoms with E-state index in [1.54, 1.807) is 6.33 Å². The number of anilines is 1. The van der Waals surface area contributed by atoms with Gasteiger partial charge >= 0.3 is 0 Å². The summed E-state index contributed by atoms with van der Waals surface area (Å²) in [7, 11) is 0. The summed E-state index contributed by atoms with van der Waals surface area (Å²) in [5, 5.41) is 4.38. The molecule has 0 bridgehead atoms. The fraction of sp³-hybridized carbons (Fsp3) is 0.462. The first-order valence-electron chi connectivity index (χ1n) is 12.2. The molecule has 1 fully saturated rings. The SMILES string of the molecule is CCCC(=O)N1CCN(c2ccc3[nH]c(-c4cn5ncnc5c(C)c4C)c(C(C)C)c3n2)CC1. The summed E-state index contributed by atoms with van der Waals surface area (Å²) in [4.78, 5) is 29.7. The highest BCUT2D eigenvalue weighted by atomic mass is 16.2. The number of hydrogen-bond donors (Lipinski definition) is 1. The maximum Gasteiger partial charge on any atom is 0.222 e. The van der Waals surface area contributed by atoms with Gasteiger partial charge in [0.15, 0.2) is 5.65 Å². The number of nitrogens with zero attached hydrogens (tertiary/aromatic N) is 6. The van der Waals surface area contributed by atoms with Crippen LogP contribution in [-0.4, -0.2) is 61.6 Å². The number of carbonyl (C=O) groups is 1. The summed E-state index contributed by atoms with van der Waals surface area (Å²) in [6, 6.07) is 4.23. The van der Waals surface area contributed by atoms with Gasteiger partial charge in [0.1, 0.15) is 12.1 Å². The number of amides is 1. The van der Waals surface area contributed by atoms with Gasteiger partial charge < -0.3 is 14.8 Å². The first-order chi connectivity index (χ1) is 16.4. The lowest BCUT2D eigenvalue weighted by atomic mass is 9.95. The van der Waals surface area contributed by atoms with Crippen LogP contribution in [0, 0.1) is 13.8 Å². The van der Waals surface area contributed by atoms with E-state index in [0.717, 1.165) is 71.9 Å². The van der Waals surface area contributed by atoms with Crippen molar-refractivity contribution in [2.24, 2.45) is 0 Å². The van der Waals surface area contributed by atoms with E-state index in [9.17, 15) is 4.79 Å². The molecule has 34 heavy (non-hydrogen) atoms. The van der Waals surface area contributed by atoms with Crippen molar-refractivity contribution in [1.29, 1.82) is 0 Å². The van der Waals surface area contributed by atoms with Crippen LogP contribution in [-0.2, 0) is 4.79 Å². The van der Waals surface area contributed by atoms with Crippen LogP contribution in [0.5, 0.6) is 0 Å². The van der Waals surface area contributed by atoms with Crippen LogP contribution in [0.2, 0.25) is 0 Å². The van der Waals surface area contributed by atoms with Crippen LogP contribution in [0.3, 0.4) is 0 Å². The Hall–Kier alpha value is -3.42. The Morgan fingerprint density at radius 3 is 2.59 bits per heavy atom. The van der Waals surface area contributed by atoms with Crippen LogP contribution in [0.4, 0.5) is 5.82 Å². The summed E-state index contributed by atoms with van der Waals surface area (Å²) in [5.74, 6) is 1.53. The molecule has 0 atom stereocenters. The molecular formula is C26H33N7O. The minimum Gasteiger partial charge on any atom is -0.353 e. The highest BCUT2D eigenvalue weighted by molar-refractivity contribution is 5.90. The highest BCUT2D eigenvalue weighted by Crippen LogP contribution is 2.37. The van der Waals surface area contributed by atoms with Crippen molar-refractivity contribution in [2.75, 3.05) is 31.1 Å². The Labute approximate surface area is 200 Å². The number of hydrogen-bond acceptors (Lipinski definition) is 5. The minimum absolute atomic E-state index is 0.262. The second-order valence-electron chi connectivity index (χ2n) is 9.57. The molecule has 5 rings (SSSR count). The Morgan fingerprint density at radius 1 is 1.12 bits per heavy atom. The molecule has 178 valence electrons. The average molecular weight is 460 g/mol. The van der Waals surface area contributed by atoms with Crippen molar-refractivity contribution in [3.05, 3.63) is 41.3 Å². The number of aromatic nitrogens is 5. The molecule has 4 aromatic rings. The van der Waals surface area contributed by atoms with Crippen LogP contribution >= 0.6 is 0 Å². The second kappa shape index (κ2) is 8.74. The molecule has 1 aliphatic heterocycles. The van der Waals surface area contributed by atoms with Crippen molar-refractivity contribution >= 4 is 28.4 Å². The normalized spacial score (nSPS) is 14.6. The molecule has 8 nitrogen and oxygen atoms in total. The number of rotatable bonds is 5. The van der Waals surface area contributed by atoms with Crippen molar-refractivity contribution in [3.63, 3.8) is 0 Å². The lowest BCUT2D eigenvalue weighted by Crippen LogP contribution is -2.49. The maximum atomic E-state index is 12.3. The van der Waals surface area contributed by atoms with Gasteiger partial charge in [0.2, 0.25) is 5.91 Å². The van der Waals surface area contributed by atoms with E-state index in [1.807, 2.05) is 9.42 Å². The van der Waals surface area contributed by atoms with Crippen molar-refractivity contribution < 1.29 is 4.79 Å². The summed E-state index contributed by atoms with van der Waals surface area (Å²) < 4.78 is 1.85. The molecule has 1 aliphatic rings. The Balaban J connectivity index is 1.53. The smallest absolute Gasteiger partial charge is 0.222 e. The van der Waals surface area contributed by atoms with E-state index in [4.69, 9.17) is 4.98 Å². The third-order valence-electron chi connectivity index (χ3n) is 7.06. The van der Waals surface area contributed by atoms with E-state index in [2.05, 4.69) is 72.9 Å². The molecule has 1 saturated heterocycles. The van der Waals surface area contributed by atoms with Crippen molar-refractivity contribution in [2.45, 2.75) is 53.4 Å². The molecule has 1 N–H and O–H groups in total. The molecule has 0 spiro atoms. The van der Waals surface area contributed by atoms with Gasteiger partial charge in [0, 0.05) is 49.9 Å². The zero-order valence-corrected chi connectivity index (χ0v) is 20.7. The zero-order valence-electron chi connectivity index (χ0n) is 20.7. The van der Waals surface area contributed by atoms with Crippen LogP contribution in [0.1, 0.15) is 56.2 Å². The largest absolute Gasteiger partial charge is 0.353 e. The van der Waals surface area contributed by atoms with Crippen molar-refractivity contribution in [1.82, 2.24) is 29.5 Å². The fourth-order valence-corrected chi connectivity index (χ4v) is 5.04. The predicted molar refractivity (Wildman–Crippen MR) is 135 cm³/mol. The van der Waals surface area contributed by atoms with E-state index >= 15 is 0 Å². The van der Waals surface area contributed by atoms with Crippen LogP contribution in [0.25, 0.3) is 27.9 Å². The third-order valence-corrected chi connectivity index (χ3v) is 7.06. The Bertz CT molecular complexity index is 1360. The summed E-state index contributed by atoms with van der Waals surface area (Å²) in [6.07, 6.45) is 5.19. The average Bonchev–Trinajstić information content (AvgIpc) is 3.45. The van der Waals surface area contributed by atoms with E-state index in [-0.39, 0.29) is 5.91 Å². The zero-order chi connectivity index (χ0) is 24.0. The highest BCUT2D eigenvalue weighted by Gasteiger charge is 2.24. The summed E-state index contributed by atoms with van der Waals surface area (Å²) >= 11 is 0. The Kier molecular flexibility index (Phi) is 5.75. The Morgan fingerprint density at radius 2 is 1.88 bits per heavy atom.